The maximum Gasteiger partial charge on any atom is 0.540 e. The van der Waals surface area contributed by atoms with E-state index in [1.165, 1.54) is 18.6 Å². The van der Waals surface area contributed by atoms with E-state index >= 15 is 0 Å². The van der Waals surface area contributed by atoms with Crippen molar-refractivity contribution >= 4 is 58.8 Å². The Hall–Kier alpha value is -2.85. The number of hydrogen-bond acceptors (Lipinski definition) is 12. The Balaban J connectivity index is 1.93. The van der Waals surface area contributed by atoms with Gasteiger partial charge in [-0.25, -0.2) is 4.98 Å². The van der Waals surface area contributed by atoms with E-state index in [0.29, 0.717) is 51.3 Å². The fourth-order valence-corrected chi connectivity index (χ4v) is 6.41. The van der Waals surface area contributed by atoms with E-state index in [4.69, 9.17) is 9.55 Å². The van der Waals surface area contributed by atoms with Gasteiger partial charge in [0.25, 0.3) is 11.1 Å². The first kappa shape index (κ1) is 42.3. The highest BCUT2D eigenvalue weighted by Gasteiger charge is 2.38. The van der Waals surface area contributed by atoms with Gasteiger partial charge in [-0.2, -0.15) is 4.89 Å². The summed E-state index contributed by atoms with van der Waals surface area (Å²) in [6.45, 7) is 5.98. The van der Waals surface area contributed by atoms with Gasteiger partial charge in [-0.05, 0) is 35.3 Å². The summed E-state index contributed by atoms with van der Waals surface area (Å²) in [5, 5.41) is 16.5. The molecule has 267 valence electrons. The van der Waals surface area contributed by atoms with Crippen LogP contribution >= 0.6 is 28.2 Å². The topological polar surface area (TPSA) is 224 Å². The maximum absolute atomic E-state index is 13.5. The van der Waals surface area contributed by atoms with Gasteiger partial charge in [-0.3, -0.25) is 24.7 Å². The quantitative estimate of drug-likeness (QED) is 0.0495. The molecular weight excluding hydrogens is 693 g/mol. The average Bonchev–Trinajstić information content (AvgIpc) is 3.07. The van der Waals surface area contributed by atoms with E-state index in [-0.39, 0.29) is 18.2 Å². The molecule has 49 heavy (non-hydrogen) atoms. The van der Waals surface area contributed by atoms with Crippen LogP contribution in [0.15, 0.2) is 55.0 Å². The Morgan fingerprint density at radius 1 is 1.08 bits per heavy atom. The van der Waals surface area contributed by atoms with Crippen molar-refractivity contribution in [1.82, 2.24) is 30.8 Å². The Kier molecular flexibility index (Phi) is 21.0. The highest BCUT2D eigenvalue weighted by molar-refractivity contribution is 8.13. The average molecular weight is 739 g/mol. The lowest BCUT2D eigenvalue weighted by Gasteiger charge is -2.24. The Morgan fingerprint density at radius 3 is 2.45 bits per heavy atom. The number of nitrogens with one attached hydrogen (secondary N) is 3. The normalized spacial score (nSPS) is 13.7. The largest absolute Gasteiger partial charge is 0.540 e. The summed E-state index contributed by atoms with van der Waals surface area (Å²) in [5.41, 5.74) is -0.687. The summed E-state index contributed by atoms with van der Waals surface area (Å²) in [5.74, 6) is -0.892. The lowest BCUT2D eigenvalue weighted by atomic mass is 9.81. The van der Waals surface area contributed by atoms with Crippen LogP contribution < -0.4 is 16.0 Å². The number of aromatic nitrogens is 2. The zero-order chi connectivity index (χ0) is 36.0. The summed E-state index contributed by atoms with van der Waals surface area (Å²) >= 11 is 0.846. The molecule has 0 aliphatic rings. The van der Waals surface area contributed by atoms with Crippen molar-refractivity contribution in [2.45, 2.75) is 50.6 Å². The monoisotopic (exact) mass is 738 g/mol. The number of hydrogen-bond donors (Lipinski definition) is 7. The minimum atomic E-state index is -2.99. The lowest BCUT2D eigenvalue weighted by molar-refractivity contribution is -0.122. The van der Waals surface area contributed by atoms with E-state index in [1.807, 2.05) is 49.1 Å². The predicted octanol–water partition coefficient (Wildman–Crippen LogP) is 2.24. The summed E-state index contributed by atoms with van der Waals surface area (Å²) in [4.78, 5) is 76.0. The molecule has 1 aromatic heterocycles. The van der Waals surface area contributed by atoms with Gasteiger partial charge in [0.05, 0.1) is 6.20 Å². The van der Waals surface area contributed by atoms with Gasteiger partial charge < -0.3 is 35.1 Å². The lowest BCUT2D eigenvalue weighted by Crippen LogP contribution is -2.51. The minimum absolute atomic E-state index is 0.00645. The van der Waals surface area contributed by atoms with Crippen molar-refractivity contribution < 1.29 is 43.4 Å². The molecule has 3 unspecified atom stereocenters. The molecular formula is C30H45BN6O9P2S+. The molecule has 0 bridgehead atoms. The van der Waals surface area contributed by atoms with Crippen LogP contribution in [0.1, 0.15) is 49.2 Å². The number of carbonyl (C=O) groups excluding carboxylic acids is 3. The van der Waals surface area contributed by atoms with Gasteiger partial charge in [-0.15, -0.1) is 0 Å². The third-order valence-electron chi connectivity index (χ3n) is 6.64. The molecule has 0 spiro atoms. The number of aliphatic hydroxyl groups is 1. The molecule has 4 atom stereocenters. The third-order valence-corrected chi connectivity index (χ3v) is 9.74. The third kappa shape index (κ3) is 18.1. The molecule has 2 rings (SSSR count). The van der Waals surface area contributed by atoms with E-state index in [9.17, 15) is 33.8 Å². The highest BCUT2D eigenvalue weighted by Crippen LogP contribution is 2.42. The summed E-state index contributed by atoms with van der Waals surface area (Å²) in [6.07, 6.45) is 9.23. The van der Waals surface area contributed by atoms with Crippen LogP contribution in [0.2, 0.25) is 0 Å². The van der Waals surface area contributed by atoms with Gasteiger partial charge in [0, 0.05) is 56.9 Å². The Labute approximate surface area is 293 Å². The fraction of sp³-hybridized carbons (Fsp3) is 0.500. The fourth-order valence-electron chi connectivity index (χ4n) is 4.33. The molecule has 7 N–H and O–H groups in total. The molecule has 15 nitrogen and oxygen atoms in total. The molecule has 0 aliphatic carbocycles. The molecule has 0 fully saturated rings. The van der Waals surface area contributed by atoms with E-state index in [0.717, 1.165) is 17.3 Å². The summed E-state index contributed by atoms with van der Waals surface area (Å²) < 4.78 is 17.1. The first-order chi connectivity index (χ1) is 23.5. The first-order valence-corrected chi connectivity index (χ1v) is 19.2. The van der Waals surface area contributed by atoms with Gasteiger partial charge in [-0.1, -0.05) is 68.1 Å². The molecule has 0 saturated carbocycles. The molecule has 2 aromatic rings. The van der Waals surface area contributed by atoms with Crippen LogP contribution in [-0.4, -0.2) is 115 Å². The number of aliphatic hydroxyl groups excluding tert-OH is 1. The SMILES string of the molecule is CC(C)C[C@H]([B]OCCCN(CCCO)CCSC(=O)NC(P(O)O)[P+](=O)O)NC(=O)C(/C=C/c1ccccc1)NC(=O)c1cnccn1. The number of thioether (sulfide) groups is 1. The van der Waals surface area contributed by atoms with E-state index in [1.54, 1.807) is 19.6 Å². The van der Waals surface area contributed by atoms with Crippen LogP contribution in [0.5, 0.6) is 0 Å². The molecule has 1 aromatic carbocycles. The number of benzene rings is 1. The van der Waals surface area contributed by atoms with Crippen molar-refractivity contribution in [2.24, 2.45) is 5.92 Å². The summed E-state index contributed by atoms with van der Waals surface area (Å²) in [7, 11) is -4.22. The number of nitrogens with zero attached hydrogens (tertiary/aromatic N) is 3. The molecule has 3 amide bonds. The van der Waals surface area contributed by atoms with E-state index in [2.05, 4.69) is 25.9 Å². The van der Waals surface area contributed by atoms with Crippen molar-refractivity contribution in [1.29, 1.82) is 0 Å². The van der Waals surface area contributed by atoms with Crippen molar-refractivity contribution in [3.8, 4) is 0 Å². The zero-order valence-electron chi connectivity index (χ0n) is 27.5. The van der Waals surface area contributed by atoms with Gasteiger partial charge in [0.2, 0.25) is 14.3 Å². The number of carbonyl (C=O) groups is 3. The van der Waals surface area contributed by atoms with Crippen LogP contribution in [0.3, 0.4) is 0 Å². The van der Waals surface area contributed by atoms with Crippen molar-refractivity contribution in [3.05, 3.63) is 66.3 Å². The molecule has 0 aliphatic heterocycles. The maximum atomic E-state index is 13.5. The first-order valence-electron chi connectivity index (χ1n) is 15.6. The van der Waals surface area contributed by atoms with Crippen LogP contribution in [0, 0.1) is 5.92 Å². The second-order valence-corrected chi connectivity index (χ2v) is 14.9. The Bertz CT molecular complexity index is 1320. The van der Waals surface area contributed by atoms with Gasteiger partial charge in [0.1, 0.15) is 11.7 Å². The van der Waals surface area contributed by atoms with Crippen LogP contribution in [-0.2, 0) is 14.0 Å². The Morgan fingerprint density at radius 2 is 1.82 bits per heavy atom. The summed E-state index contributed by atoms with van der Waals surface area (Å²) in [6, 6.07) is 8.37. The van der Waals surface area contributed by atoms with Crippen LogP contribution in [0.4, 0.5) is 4.79 Å². The molecule has 0 saturated heterocycles. The second-order valence-electron chi connectivity index (χ2n) is 11.1. The standard InChI is InChI=1S/C30H44BN6O9P2S/c1-22(2)20-26(31-46-18-7-15-37(14-6-17-38)16-19-49-29(41)36-30(47(42)43)48(44)45)35-27(39)24(11-10-23-8-4-3-5-9-23)34-28(40)25-21-32-12-13-33-25/h3-5,8-13,21-22,24,26,30,38,42-43H,6-7,14-20H2,1-2H3,(H3-,34,35,36,39,40,41,44,45)/p+1/b11-10+/t24?,26-,30?/m1/s1. The van der Waals surface area contributed by atoms with Crippen LogP contribution in [0.25, 0.3) is 6.08 Å². The zero-order valence-corrected chi connectivity index (χ0v) is 30.1. The molecule has 19 heteroatoms. The van der Waals surface area contributed by atoms with Gasteiger partial charge >= 0.3 is 21.0 Å². The minimum Gasteiger partial charge on any atom is -0.438 e. The van der Waals surface area contributed by atoms with Crippen molar-refractivity contribution in [2.75, 3.05) is 38.6 Å². The number of amides is 3. The molecule has 1 heterocycles. The number of rotatable bonds is 23. The second kappa shape index (κ2) is 24.3. The smallest absolute Gasteiger partial charge is 0.438 e. The highest BCUT2D eigenvalue weighted by atomic mass is 32.2. The molecule has 1 radical (unpaired) electrons. The van der Waals surface area contributed by atoms with Crippen molar-refractivity contribution in [3.63, 3.8) is 0 Å². The van der Waals surface area contributed by atoms with Gasteiger partial charge in [0.15, 0.2) is 0 Å². The predicted molar refractivity (Wildman–Crippen MR) is 191 cm³/mol. The van der Waals surface area contributed by atoms with E-state index < -0.39 is 51.0 Å².